The Hall–Kier alpha value is -1.55. The van der Waals surface area contributed by atoms with E-state index in [2.05, 4.69) is 11.8 Å². The maximum atomic E-state index is 13.1. The number of hydrogen-bond donors (Lipinski definition) is 1. The molecule has 4 rings (SSSR count). The molecule has 0 aromatic heterocycles. The highest BCUT2D eigenvalue weighted by Gasteiger charge is 2.28. The third kappa shape index (κ3) is 4.31. The molecule has 148 valence electrons. The minimum atomic E-state index is 0.0258. The standard InChI is InChI=1S/C23H34N2O2/c1-17-8-11-24(12-9-17)15-18-5-4-10-25(16-18)23(27)21-13-19-6-2-3-7-20(19)14-22(21)26/h13-14,17-18,26H,2-12,15-16H2,1H3. The number of hydrogen-bond acceptors (Lipinski definition) is 3. The molecule has 0 bridgehead atoms. The summed E-state index contributed by atoms with van der Waals surface area (Å²) in [5.74, 6) is 1.62. The van der Waals surface area contributed by atoms with Gasteiger partial charge in [-0.15, -0.1) is 0 Å². The summed E-state index contributed by atoms with van der Waals surface area (Å²) < 4.78 is 0. The summed E-state index contributed by atoms with van der Waals surface area (Å²) in [6.45, 7) is 7.54. The molecule has 1 atom stereocenters. The van der Waals surface area contributed by atoms with Gasteiger partial charge in [-0.1, -0.05) is 6.92 Å². The van der Waals surface area contributed by atoms with Gasteiger partial charge >= 0.3 is 0 Å². The summed E-state index contributed by atoms with van der Waals surface area (Å²) in [7, 11) is 0. The van der Waals surface area contributed by atoms with Gasteiger partial charge in [0.1, 0.15) is 5.75 Å². The Bertz CT molecular complexity index is 679. The number of phenols is 1. The van der Waals surface area contributed by atoms with Crippen molar-refractivity contribution >= 4 is 5.91 Å². The average molecular weight is 371 g/mol. The molecule has 4 heteroatoms. The van der Waals surface area contributed by atoms with E-state index in [1.54, 1.807) is 0 Å². The number of nitrogens with zero attached hydrogens (tertiary/aromatic N) is 2. The van der Waals surface area contributed by atoms with Crippen LogP contribution < -0.4 is 0 Å². The fourth-order valence-corrected chi connectivity index (χ4v) is 5.12. The van der Waals surface area contributed by atoms with Crippen LogP contribution in [0, 0.1) is 11.8 Å². The number of amides is 1. The van der Waals surface area contributed by atoms with Crippen LogP contribution in [0.3, 0.4) is 0 Å². The van der Waals surface area contributed by atoms with Gasteiger partial charge in [-0.05, 0) is 99.6 Å². The molecular weight excluding hydrogens is 336 g/mol. The summed E-state index contributed by atoms with van der Waals surface area (Å²) in [5, 5.41) is 10.5. The van der Waals surface area contributed by atoms with E-state index in [9.17, 15) is 9.90 Å². The molecular formula is C23H34N2O2. The highest BCUT2D eigenvalue weighted by Crippen LogP contribution is 2.30. The Morgan fingerprint density at radius 1 is 1.04 bits per heavy atom. The highest BCUT2D eigenvalue weighted by atomic mass is 16.3. The van der Waals surface area contributed by atoms with Gasteiger partial charge in [0, 0.05) is 19.6 Å². The van der Waals surface area contributed by atoms with E-state index in [0.717, 1.165) is 44.8 Å². The first-order valence-electron chi connectivity index (χ1n) is 11.0. The number of benzene rings is 1. The van der Waals surface area contributed by atoms with Crippen LogP contribution in [-0.4, -0.2) is 53.5 Å². The van der Waals surface area contributed by atoms with Crippen LogP contribution in [0.15, 0.2) is 12.1 Å². The first kappa shape index (κ1) is 18.8. The fraction of sp³-hybridized carbons (Fsp3) is 0.696. The summed E-state index contributed by atoms with van der Waals surface area (Å²) >= 11 is 0. The summed E-state index contributed by atoms with van der Waals surface area (Å²) in [4.78, 5) is 17.7. The molecule has 2 saturated heterocycles. The molecule has 0 saturated carbocycles. The smallest absolute Gasteiger partial charge is 0.257 e. The minimum absolute atomic E-state index is 0.0258. The SMILES string of the molecule is CC1CCN(CC2CCCN(C(=O)c3cc4c(cc3O)CCCC4)C2)CC1. The van der Waals surface area contributed by atoms with Crippen molar-refractivity contribution in [1.29, 1.82) is 0 Å². The highest BCUT2D eigenvalue weighted by molar-refractivity contribution is 5.97. The van der Waals surface area contributed by atoms with E-state index in [1.165, 1.54) is 56.3 Å². The molecule has 2 heterocycles. The van der Waals surface area contributed by atoms with Crippen molar-refractivity contribution in [3.63, 3.8) is 0 Å². The number of phenolic OH excluding ortho intramolecular Hbond substituents is 1. The lowest BCUT2D eigenvalue weighted by molar-refractivity contribution is 0.0619. The van der Waals surface area contributed by atoms with Crippen molar-refractivity contribution in [1.82, 2.24) is 9.80 Å². The average Bonchev–Trinajstić information content (AvgIpc) is 2.69. The monoisotopic (exact) mass is 370 g/mol. The van der Waals surface area contributed by atoms with Crippen LogP contribution in [0.4, 0.5) is 0 Å². The van der Waals surface area contributed by atoms with E-state index in [0.29, 0.717) is 11.5 Å². The van der Waals surface area contributed by atoms with E-state index in [4.69, 9.17) is 0 Å². The van der Waals surface area contributed by atoms with Gasteiger partial charge < -0.3 is 14.9 Å². The number of rotatable bonds is 3. The number of likely N-dealkylation sites (tertiary alicyclic amines) is 2. The van der Waals surface area contributed by atoms with Crippen molar-refractivity contribution in [3.05, 3.63) is 28.8 Å². The molecule has 1 amide bonds. The minimum Gasteiger partial charge on any atom is -0.507 e. The number of aryl methyl sites for hydroxylation is 2. The Morgan fingerprint density at radius 2 is 1.74 bits per heavy atom. The zero-order chi connectivity index (χ0) is 18.8. The molecule has 0 spiro atoms. The van der Waals surface area contributed by atoms with Crippen LogP contribution in [0.5, 0.6) is 5.75 Å². The largest absolute Gasteiger partial charge is 0.507 e. The van der Waals surface area contributed by atoms with Crippen molar-refractivity contribution in [3.8, 4) is 5.75 Å². The lowest BCUT2D eigenvalue weighted by Crippen LogP contribution is -2.45. The fourth-order valence-electron chi connectivity index (χ4n) is 5.12. The molecule has 1 unspecified atom stereocenters. The van der Waals surface area contributed by atoms with Gasteiger partial charge in [0.2, 0.25) is 0 Å². The molecule has 3 aliphatic rings. The number of piperidine rings is 2. The predicted molar refractivity (Wildman–Crippen MR) is 108 cm³/mol. The zero-order valence-corrected chi connectivity index (χ0v) is 16.8. The molecule has 1 N–H and O–H groups in total. The first-order valence-corrected chi connectivity index (χ1v) is 11.0. The Morgan fingerprint density at radius 3 is 2.48 bits per heavy atom. The van der Waals surface area contributed by atoms with Gasteiger partial charge in [-0.25, -0.2) is 0 Å². The Kier molecular flexibility index (Phi) is 5.72. The number of aromatic hydroxyl groups is 1. The Balaban J connectivity index is 1.41. The van der Waals surface area contributed by atoms with Gasteiger partial charge in [0.25, 0.3) is 5.91 Å². The van der Waals surface area contributed by atoms with Crippen LogP contribution in [0.2, 0.25) is 0 Å². The van der Waals surface area contributed by atoms with Crippen LogP contribution >= 0.6 is 0 Å². The molecule has 0 radical (unpaired) electrons. The summed E-state index contributed by atoms with van der Waals surface area (Å²) in [6.07, 6.45) is 9.33. The second kappa shape index (κ2) is 8.22. The number of fused-ring (bicyclic) bond motifs is 1. The van der Waals surface area contributed by atoms with Gasteiger partial charge in [-0.2, -0.15) is 0 Å². The number of carbonyl (C=O) groups is 1. The first-order chi connectivity index (χ1) is 13.1. The van der Waals surface area contributed by atoms with Crippen molar-refractivity contribution < 1.29 is 9.90 Å². The normalized spacial score (nSPS) is 24.6. The number of carbonyl (C=O) groups excluding carboxylic acids is 1. The maximum Gasteiger partial charge on any atom is 0.257 e. The van der Waals surface area contributed by atoms with Crippen molar-refractivity contribution in [2.45, 2.75) is 58.3 Å². The van der Waals surface area contributed by atoms with Crippen LogP contribution in [0.25, 0.3) is 0 Å². The maximum absolute atomic E-state index is 13.1. The van der Waals surface area contributed by atoms with E-state index in [-0.39, 0.29) is 11.7 Å². The Labute approximate surface area is 163 Å². The molecule has 2 fully saturated rings. The van der Waals surface area contributed by atoms with E-state index >= 15 is 0 Å². The third-order valence-electron chi connectivity index (χ3n) is 6.89. The molecule has 4 nitrogen and oxygen atoms in total. The molecule has 1 aromatic rings. The van der Waals surface area contributed by atoms with Crippen LogP contribution in [-0.2, 0) is 12.8 Å². The van der Waals surface area contributed by atoms with Crippen LogP contribution in [0.1, 0.15) is 66.9 Å². The lowest BCUT2D eigenvalue weighted by atomic mass is 9.89. The lowest BCUT2D eigenvalue weighted by Gasteiger charge is -2.38. The molecule has 27 heavy (non-hydrogen) atoms. The quantitative estimate of drug-likeness (QED) is 0.879. The molecule has 2 aliphatic heterocycles. The van der Waals surface area contributed by atoms with Gasteiger partial charge in [0.15, 0.2) is 0 Å². The van der Waals surface area contributed by atoms with E-state index in [1.807, 2.05) is 17.0 Å². The molecule has 1 aromatic carbocycles. The van der Waals surface area contributed by atoms with E-state index < -0.39 is 0 Å². The predicted octanol–water partition coefficient (Wildman–Crippen LogP) is 3.86. The third-order valence-corrected chi connectivity index (χ3v) is 6.89. The second-order valence-corrected chi connectivity index (χ2v) is 9.09. The van der Waals surface area contributed by atoms with Crippen molar-refractivity contribution in [2.24, 2.45) is 11.8 Å². The summed E-state index contributed by atoms with van der Waals surface area (Å²) in [5.41, 5.74) is 3.01. The van der Waals surface area contributed by atoms with Crippen molar-refractivity contribution in [2.75, 3.05) is 32.7 Å². The molecule has 1 aliphatic carbocycles. The second-order valence-electron chi connectivity index (χ2n) is 9.09. The van der Waals surface area contributed by atoms with Gasteiger partial charge in [0.05, 0.1) is 5.56 Å². The van der Waals surface area contributed by atoms with Gasteiger partial charge in [-0.3, -0.25) is 4.79 Å². The summed E-state index contributed by atoms with van der Waals surface area (Å²) in [6, 6.07) is 3.82. The topological polar surface area (TPSA) is 43.8 Å². The zero-order valence-electron chi connectivity index (χ0n) is 16.8.